The van der Waals surface area contributed by atoms with E-state index in [9.17, 15) is 4.79 Å². The summed E-state index contributed by atoms with van der Waals surface area (Å²) >= 11 is 0. The predicted molar refractivity (Wildman–Crippen MR) is 39.5 cm³/mol. The van der Waals surface area contributed by atoms with Crippen molar-refractivity contribution >= 4 is 6.29 Å². The zero-order valence-corrected chi connectivity index (χ0v) is 6.11. The van der Waals surface area contributed by atoms with E-state index in [2.05, 4.69) is 9.78 Å². The molecule has 0 fully saturated rings. The maximum atomic E-state index is 10.2. The summed E-state index contributed by atoms with van der Waals surface area (Å²) in [5.41, 5.74) is 0.619. The summed E-state index contributed by atoms with van der Waals surface area (Å²) < 4.78 is 0. The van der Waals surface area contributed by atoms with E-state index in [0.29, 0.717) is 11.3 Å². The molecule has 0 heterocycles. The molecule has 0 radical (unpaired) electrons. The molecule has 0 aliphatic rings. The summed E-state index contributed by atoms with van der Waals surface area (Å²) in [6.45, 7) is 0. The first-order valence-electron chi connectivity index (χ1n) is 3.12. The Morgan fingerprint density at radius 3 is 2.36 bits per heavy atom. The van der Waals surface area contributed by atoms with Gasteiger partial charge in [0.05, 0.1) is 7.11 Å². The molecular formula is C8H8O3. The van der Waals surface area contributed by atoms with E-state index < -0.39 is 0 Å². The Balaban J connectivity index is 2.74. The molecule has 1 rings (SSSR count). The van der Waals surface area contributed by atoms with Gasteiger partial charge in [-0.05, 0) is 24.3 Å². The van der Waals surface area contributed by atoms with E-state index in [-0.39, 0.29) is 0 Å². The summed E-state index contributed by atoms with van der Waals surface area (Å²) in [6, 6.07) is 6.63. The Morgan fingerprint density at radius 2 is 1.91 bits per heavy atom. The van der Waals surface area contributed by atoms with Crippen molar-refractivity contribution in [3.05, 3.63) is 29.8 Å². The molecule has 3 heteroatoms. The Hall–Kier alpha value is -1.35. The predicted octanol–water partition coefficient (Wildman–Crippen LogP) is 1.44. The molecule has 0 aliphatic carbocycles. The van der Waals surface area contributed by atoms with Crippen LogP contribution >= 0.6 is 0 Å². The van der Waals surface area contributed by atoms with Gasteiger partial charge >= 0.3 is 0 Å². The number of hydrogen-bond acceptors (Lipinski definition) is 3. The van der Waals surface area contributed by atoms with Crippen molar-refractivity contribution in [2.45, 2.75) is 0 Å². The van der Waals surface area contributed by atoms with Crippen LogP contribution in [-0.2, 0) is 4.89 Å². The normalized spacial score (nSPS) is 9.18. The highest BCUT2D eigenvalue weighted by Crippen LogP contribution is 2.10. The Labute approximate surface area is 64.5 Å². The van der Waals surface area contributed by atoms with Crippen LogP contribution in [0.15, 0.2) is 24.3 Å². The van der Waals surface area contributed by atoms with Gasteiger partial charge in [0.1, 0.15) is 6.29 Å². The molecule has 0 saturated carbocycles. The number of benzene rings is 1. The molecule has 0 unspecified atom stereocenters. The molecule has 3 nitrogen and oxygen atoms in total. The number of rotatable bonds is 3. The van der Waals surface area contributed by atoms with Crippen LogP contribution in [0.3, 0.4) is 0 Å². The maximum absolute atomic E-state index is 10.2. The Morgan fingerprint density at radius 1 is 1.27 bits per heavy atom. The van der Waals surface area contributed by atoms with Crippen LogP contribution in [0.1, 0.15) is 10.4 Å². The van der Waals surface area contributed by atoms with Crippen molar-refractivity contribution < 1.29 is 14.6 Å². The fourth-order valence-corrected chi connectivity index (χ4v) is 0.698. The Kier molecular flexibility index (Phi) is 2.63. The van der Waals surface area contributed by atoms with Crippen LogP contribution in [0.4, 0.5) is 0 Å². The number of carbonyl (C=O) groups excluding carboxylic acids is 1. The van der Waals surface area contributed by atoms with Gasteiger partial charge in [-0.15, -0.1) is 0 Å². The van der Waals surface area contributed by atoms with E-state index >= 15 is 0 Å². The van der Waals surface area contributed by atoms with Crippen molar-refractivity contribution in [1.29, 1.82) is 0 Å². The van der Waals surface area contributed by atoms with Gasteiger partial charge in [0.25, 0.3) is 0 Å². The molecule has 0 bridgehead atoms. The third-order valence-electron chi connectivity index (χ3n) is 1.20. The smallest absolute Gasteiger partial charge is 0.165 e. The minimum atomic E-state index is 0.582. The van der Waals surface area contributed by atoms with E-state index in [0.717, 1.165) is 6.29 Å². The first-order valence-corrected chi connectivity index (χ1v) is 3.12. The van der Waals surface area contributed by atoms with E-state index in [4.69, 9.17) is 0 Å². The molecule has 0 aliphatic heterocycles. The fraction of sp³-hybridized carbons (Fsp3) is 0.125. The summed E-state index contributed by atoms with van der Waals surface area (Å²) in [4.78, 5) is 19.3. The first kappa shape index (κ1) is 7.75. The third-order valence-corrected chi connectivity index (χ3v) is 1.20. The number of aldehydes is 1. The molecule has 58 valence electrons. The first-order chi connectivity index (χ1) is 5.36. The SMILES string of the molecule is COOc1ccc(C=O)cc1. The van der Waals surface area contributed by atoms with E-state index in [1.807, 2.05) is 0 Å². The van der Waals surface area contributed by atoms with Gasteiger partial charge in [0, 0.05) is 5.56 Å². The molecule has 1 aromatic carbocycles. The van der Waals surface area contributed by atoms with Gasteiger partial charge in [-0.25, -0.2) is 0 Å². The lowest BCUT2D eigenvalue weighted by atomic mass is 10.2. The standard InChI is InChI=1S/C8H8O3/c1-10-11-8-4-2-7(6-9)3-5-8/h2-6H,1H3. The number of carbonyl (C=O) groups is 1. The van der Waals surface area contributed by atoms with Crippen molar-refractivity contribution in [3.63, 3.8) is 0 Å². The molecular weight excluding hydrogens is 144 g/mol. The largest absolute Gasteiger partial charge is 0.338 e. The van der Waals surface area contributed by atoms with Crippen molar-refractivity contribution in [1.82, 2.24) is 0 Å². The lowest BCUT2D eigenvalue weighted by Crippen LogP contribution is -1.90. The molecule has 0 amide bonds. The average Bonchev–Trinajstić information content (AvgIpc) is 2.07. The van der Waals surface area contributed by atoms with Crippen LogP contribution in [-0.4, -0.2) is 13.4 Å². The molecule has 0 N–H and O–H groups in total. The summed E-state index contributed by atoms with van der Waals surface area (Å²) in [7, 11) is 1.42. The lowest BCUT2D eigenvalue weighted by molar-refractivity contribution is -0.178. The zero-order valence-electron chi connectivity index (χ0n) is 6.11. The van der Waals surface area contributed by atoms with Crippen molar-refractivity contribution in [3.8, 4) is 5.75 Å². The highest BCUT2D eigenvalue weighted by molar-refractivity contribution is 5.74. The third kappa shape index (κ3) is 2.05. The van der Waals surface area contributed by atoms with Crippen molar-refractivity contribution in [2.75, 3.05) is 7.11 Å². The molecule has 11 heavy (non-hydrogen) atoms. The van der Waals surface area contributed by atoms with Gasteiger partial charge in [0.2, 0.25) is 0 Å². The quantitative estimate of drug-likeness (QED) is 0.373. The van der Waals surface area contributed by atoms with E-state index in [1.165, 1.54) is 7.11 Å². The summed E-state index contributed by atoms with van der Waals surface area (Å²) in [5.74, 6) is 0.582. The molecule has 0 atom stereocenters. The van der Waals surface area contributed by atoms with E-state index in [1.54, 1.807) is 24.3 Å². The maximum Gasteiger partial charge on any atom is 0.165 e. The summed E-state index contributed by atoms with van der Waals surface area (Å²) in [5, 5.41) is 0. The van der Waals surface area contributed by atoms with Crippen LogP contribution in [0.25, 0.3) is 0 Å². The minimum absolute atomic E-state index is 0.582. The monoisotopic (exact) mass is 152 g/mol. The lowest BCUT2D eigenvalue weighted by Gasteiger charge is -1.98. The van der Waals surface area contributed by atoms with Crippen molar-refractivity contribution in [2.24, 2.45) is 0 Å². The molecule has 0 aromatic heterocycles. The number of hydrogen-bond donors (Lipinski definition) is 0. The highest BCUT2D eigenvalue weighted by Gasteiger charge is 1.92. The van der Waals surface area contributed by atoms with Gasteiger partial charge < -0.3 is 4.89 Å². The molecule has 1 aromatic rings. The van der Waals surface area contributed by atoms with Gasteiger partial charge in [-0.1, -0.05) is 0 Å². The van der Waals surface area contributed by atoms with Crippen LogP contribution in [0.2, 0.25) is 0 Å². The van der Waals surface area contributed by atoms with Gasteiger partial charge in [-0.3, -0.25) is 4.79 Å². The summed E-state index contributed by atoms with van der Waals surface area (Å²) in [6.07, 6.45) is 0.774. The Bertz CT molecular complexity index is 228. The van der Waals surface area contributed by atoms with Gasteiger partial charge in [0.15, 0.2) is 5.75 Å². The minimum Gasteiger partial charge on any atom is -0.338 e. The zero-order chi connectivity index (χ0) is 8.10. The van der Waals surface area contributed by atoms with Gasteiger partial charge in [-0.2, -0.15) is 4.89 Å². The van der Waals surface area contributed by atoms with Crippen LogP contribution in [0.5, 0.6) is 5.75 Å². The topological polar surface area (TPSA) is 35.5 Å². The highest BCUT2D eigenvalue weighted by atomic mass is 17.2. The fourth-order valence-electron chi connectivity index (χ4n) is 0.698. The second kappa shape index (κ2) is 3.73. The second-order valence-electron chi connectivity index (χ2n) is 1.94. The van der Waals surface area contributed by atoms with Crippen LogP contribution in [0, 0.1) is 0 Å². The van der Waals surface area contributed by atoms with Crippen LogP contribution < -0.4 is 4.89 Å². The molecule has 0 spiro atoms. The second-order valence-corrected chi connectivity index (χ2v) is 1.94. The molecule has 0 saturated heterocycles. The average molecular weight is 152 g/mol.